The van der Waals surface area contributed by atoms with E-state index in [0.29, 0.717) is 11.6 Å². The molecule has 1 aromatic heterocycles. The molecule has 0 aliphatic heterocycles. The lowest BCUT2D eigenvalue weighted by Crippen LogP contribution is -2.56. The third kappa shape index (κ3) is 2.65. The van der Waals surface area contributed by atoms with Gasteiger partial charge in [0.05, 0.1) is 3.79 Å². The molecule has 2 nitrogen and oxygen atoms in total. The van der Waals surface area contributed by atoms with Crippen LogP contribution in [0.4, 0.5) is 0 Å². The third-order valence-electron chi connectivity index (χ3n) is 4.99. The van der Waals surface area contributed by atoms with Crippen LogP contribution in [0.25, 0.3) is 0 Å². The number of fused-ring (bicyclic) bond motifs is 1. The highest BCUT2D eigenvalue weighted by Crippen LogP contribution is 2.40. The Hall–Kier alpha value is 0.100. The monoisotopic (exact) mass is 342 g/mol. The minimum Gasteiger partial charge on any atom is -0.308 e. The van der Waals surface area contributed by atoms with Gasteiger partial charge < -0.3 is 10.2 Å². The van der Waals surface area contributed by atoms with Crippen LogP contribution < -0.4 is 5.32 Å². The normalized spacial score (nSPS) is 25.2. The van der Waals surface area contributed by atoms with Gasteiger partial charge in [0.15, 0.2) is 0 Å². The first-order valence-electron chi connectivity index (χ1n) is 7.30. The molecule has 1 unspecified atom stereocenters. The summed E-state index contributed by atoms with van der Waals surface area (Å²) in [6, 6.07) is 2.91. The first-order chi connectivity index (χ1) is 9.11. The van der Waals surface area contributed by atoms with Gasteiger partial charge in [-0.05, 0) is 80.2 Å². The molecule has 0 saturated heterocycles. The highest BCUT2D eigenvalue weighted by molar-refractivity contribution is 9.11. The van der Waals surface area contributed by atoms with Gasteiger partial charge in [-0.1, -0.05) is 0 Å². The van der Waals surface area contributed by atoms with Crippen molar-refractivity contribution in [3.05, 3.63) is 20.3 Å². The van der Waals surface area contributed by atoms with E-state index in [-0.39, 0.29) is 0 Å². The maximum atomic E-state index is 3.86. The zero-order valence-corrected chi connectivity index (χ0v) is 14.2. The Bertz CT molecular complexity index is 451. The van der Waals surface area contributed by atoms with Gasteiger partial charge >= 0.3 is 0 Å². The van der Waals surface area contributed by atoms with Crippen molar-refractivity contribution in [3.63, 3.8) is 0 Å². The summed E-state index contributed by atoms with van der Waals surface area (Å²) in [6.45, 7) is 1.14. The van der Waals surface area contributed by atoms with Gasteiger partial charge in [-0.25, -0.2) is 0 Å². The van der Waals surface area contributed by atoms with Gasteiger partial charge in [-0.2, -0.15) is 0 Å². The maximum Gasteiger partial charge on any atom is 0.0704 e. The van der Waals surface area contributed by atoms with Gasteiger partial charge in [0.1, 0.15) is 0 Å². The SMILES string of the molecule is CN(C)C1(CNC2CCCc3sc(Br)cc32)CCC1. The highest BCUT2D eigenvalue weighted by Gasteiger charge is 2.39. The van der Waals surface area contributed by atoms with Crippen molar-refractivity contribution < 1.29 is 0 Å². The largest absolute Gasteiger partial charge is 0.308 e. The second kappa shape index (κ2) is 5.47. The minimum atomic E-state index is 0.421. The Kier molecular flexibility index (Phi) is 4.05. The van der Waals surface area contributed by atoms with Crippen molar-refractivity contribution in [1.82, 2.24) is 10.2 Å². The maximum absolute atomic E-state index is 3.86. The molecular weight excluding hydrogens is 320 g/mol. The van der Waals surface area contributed by atoms with Crippen molar-refractivity contribution >= 4 is 27.3 Å². The van der Waals surface area contributed by atoms with Crippen molar-refractivity contribution in [2.45, 2.75) is 50.1 Å². The van der Waals surface area contributed by atoms with Gasteiger partial charge in [0.2, 0.25) is 0 Å². The van der Waals surface area contributed by atoms with E-state index >= 15 is 0 Å². The van der Waals surface area contributed by atoms with Crippen molar-refractivity contribution in [2.24, 2.45) is 0 Å². The molecule has 1 heterocycles. The zero-order chi connectivity index (χ0) is 13.5. The summed E-state index contributed by atoms with van der Waals surface area (Å²) in [5, 5.41) is 3.86. The van der Waals surface area contributed by atoms with E-state index in [0.717, 1.165) is 6.54 Å². The molecule has 19 heavy (non-hydrogen) atoms. The molecule has 106 valence electrons. The number of halogens is 1. The number of hydrogen-bond donors (Lipinski definition) is 1. The lowest BCUT2D eigenvalue weighted by molar-refractivity contribution is 0.0564. The first-order valence-corrected chi connectivity index (χ1v) is 8.91. The number of aryl methyl sites for hydroxylation is 1. The van der Waals surface area contributed by atoms with E-state index in [9.17, 15) is 0 Å². The topological polar surface area (TPSA) is 15.3 Å². The number of hydrogen-bond acceptors (Lipinski definition) is 3. The Morgan fingerprint density at radius 3 is 2.84 bits per heavy atom. The predicted octanol–water partition coefficient (Wildman–Crippen LogP) is 3.96. The van der Waals surface area contributed by atoms with Crippen LogP contribution in [0.5, 0.6) is 0 Å². The van der Waals surface area contributed by atoms with Gasteiger partial charge in [-0.3, -0.25) is 0 Å². The first kappa shape index (κ1) is 14.1. The molecule has 2 aliphatic rings. The summed E-state index contributed by atoms with van der Waals surface area (Å²) in [5.41, 5.74) is 1.97. The lowest BCUT2D eigenvalue weighted by Gasteiger charge is -2.48. The molecule has 0 bridgehead atoms. The molecule has 4 heteroatoms. The number of thiophene rings is 1. The van der Waals surface area contributed by atoms with E-state index in [1.54, 1.807) is 10.4 Å². The molecule has 0 radical (unpaired) electrons. The van der Waals surface area contributed by atoms with Crippen molar-refractivity contribution in [2.75, 3.05) is 20.6 Å². The van der Waals surface area contributed by atoms with Crippen LogP contribution >= 0.6 is 27.3 Å². The second-order valence-corrected chi connectivity index (χ2v) is 8.74. The molecule has 1 atom stereocenters. The van der Waals surface area contributed by atoms with Gasteiger partial charge in [-0.15, -0.1) is 11.3 Å². The predicted molar refractivity (Wildman–Crippen MR) is 86.0 cm³/mol. The average Bonchev–Trinajstić information content (AvgIpc) is 2.68. The fourth-order valence-corrected chi connectivity index (χ4v) is 5.23. The molecule has 1 saturated carbocycles. The molecule has 1 aromatic rings. The Labute approximate surface area is 128 Å². The Morgan fingerprint density at radius 2 is 2.21 bits per heavy atom. The van der Waals surface area contributed by atoms with E-state index < -0.39 is 0 Å². The number of nitrogens with zero attached hydrogens (tertiary/aromatic N) is 1. The summed E-state index contributed by atoms with van der Waals surface area (Å²) in [7, 11) is 4.46. The summed E-state index contributed by atoms with van der Waals surface area (Å²) in [4.78, 5) is 4.01. The van der Waals surface area contributed by atoms with Crippen LogP contribution in [0.15, 0.2) is 9.85 Å². The van der Waals surface area contributed by atoms with Crippen LogP contribution in [0, 0.1) is 0 Å². The van der Waals surface area contributed by atoms with Gasteiger partial charge in [0.25, 0.3) is 0 Å². The summed E-state index contributed by atoms with van der Waals surface area (Å²) < 4.78 is 1.29. The van der Waals surface area contributed by atoms with Crippen LogP contribution in [0.3, 0.4) is 0 Å². The fourth-order valence-electron chi connectivity index (χ4n) is 3.41. The van der Waals surface area contributed by atoms with E-state index in [2.05, 4.69) is 46.3 Å². The molecular formula is C15H23BrN2S. The summed E-state index contributed by atoms with van der Waals surface area (Å²) in [6.07, 6.45) is 7.97. The second-order valence-electron chi connectivity index (χ2n) is 6.23. The van der Waals surface area contributed by atoms with Gasteiger partial charge in [0, 0.05) is 23.0 Å². The number of likely N-dealkylation sites (N-methyl/N-ethyl adjacent to an activating group) is 1. The van der Waals surface area contributed by atoms with Crippen molar-refractivity contribution in [1.29, 1.82) is 0 Å². The molecule has 1 fully saturated rings. The Balaban J connectivity index is 1.68. The standard InChI is InChI=1S/C15H23BrN2S/c1-18(2)15(7-4-8-15)10-17-12-5-3-6-13-11(12)9-14(16)19-13/h9,12,17H,3-8,10H2,1-2H3. The molecule has 2 aliphatic carbocycles. The lowest BCUT2D eigenvalue weighted by atomic mass is 9.75. The average molecular weight is 343 g/mol. The smallest absolute Gasteiger partial charge is 0.0704 e. The van der Waals surface area contributed by atoms with E-state index in [1.165, 1.54) is 42.3 Å². The summed E-state index contributed by atoms with van der Waals surface area (Å²) in [5.74, 6) is 0. The van der Waals surface area contributed by atoms with E-state index in [1.807, 2.05) is 11.3 Å². The number of rotatable bonds is 4. The molecule has 3 rings (SSSR count). The van der Waals surface area contributed by atoms with Crippen LogP contribution in [0.2, 0.25) is 0 Å². The van der Waals surface area contributed by atoms with Crippen molar-refractivity contribution in [3.8, 4) is 0 Å². The molecule has 0 amide bonds. The zero-order valence-electron chi connectivity index (χ0n) is 11.8. The van der Waals surface area contributed by atoms with Crippen LogP contribution in [0.1, 0.15) is 48.6 Å². The minimum absolute atomic E-state index is 0.421. The quantitative estimate of drug-likeness (QED) is 0.890. The van der Waals surface area contributed by atoms with E-state index in [4.69, 9.17) is 0 Å². The third-order valence-corrected chi connectivity index (χ3v) is 6.71. The molecule has 0 aromatic carbocycles. The summed E-state index contributed by atoms with van der Waals surface area (Å²) >= 11 is 5.56. The molecule has 1 N–H and O–H groups in total. The fraction of sp³-hybridized carbons (Fsp3) is 0.733. The van der Waals surface area contributed by atoms with Crippen LogP contribution in [-0.2, 0) is 6.42 Å². The highest BCUT2D eigenvalue weighted by atomic mass is 79.9. The molecule has 0 spiro atoms. The number of nitrogens with one attached hydrogen (secondary N) is 1. The van der Waals surface area contributed by atoms with Crippen LogP contribution in [-0.4, -0.2) is 31.1 Å². The Morgan fingerprint density at radius 1 is 1.42 bits per heavy atom.